The molecule has 1 fully saturated rings. The van der Waals surface area contributed by atoms with E-state index in [0.717, 1.165) is 38.5 Å². The summed E-state index contributed by atoms with van der Waals surface area (Å²) in [5.74, 6) is -7.35. The van der Waals surface area contributed by atoms with E-state index >= 15 is 8.78 Å². The number of pyridine rings is 1. The number of sulfonamides is 1. The van der Waals surface area contributed by atoms with E-state index in [1.54, 1.807) is 0 Å². The van der Waals surface area contributed by atoms with Gasteiger partial charge in [-0.05, 0) is 87.8 Å². The number of ether oxygens (including phenoxy) is 1. The normalized spacial score (nSPS) is 17.2. The predicted octanol–water partition coefficient (Wildman–Crippen LogP) is 6.98. The van der Waals surface area contributed by atoms with Gasteiger partial charge in [0.2, 0.25) is 15.9 Å². The van der Waals surface area contributed by atoms with E-state index < -0.39 is 155 Å². The Kier molecular flexibility index (Phi) is 13.8. The van der Waals surface area contributed by atoms with Crippen molar-refractivity contribution in [2.24, 2.45) is 5.92 Å². The van der Waals surface area contributed by atoms with Crippen molar-refractivity contribution in [1.82, 2.24) is 35.2 Å². The minimum absolute atomic E-state index is 0.0108. The second-order valence-corrected chi connectivity index (χ2v) is 22.5. The summed E-state index contributed by atoms with van der Waals surface area (Å²) in [5, 5.41) is 11.5. The van der Waals surface area contributed by atoms with Crippen LogP contribution in [0, 0.1) is 36.3 Å². The summed E-state index contributed by atoms with van der Waals surface area (Å²) in [7, 11) is -7.81. The third-order valence-electron chi connectivity index (χ3n) is 12.2. The van der Waals surface area contributed by atoms with Crippen molar-refractivity contribution in [3.63, 3.8) is 0 Å². The molecular weight excluding hydrogens is 1030 g/mol. The fourth-order valence-electron chi connectivity index (χ4n) is 8.49. The number of carbonyl (C=O) groups excluding carboxylic acids is 3. The molecule has 4 atom stereocenters. The van der Waals surface area contributed by atoms with Crippen LogP contribution in [0.4, 0.5) is 54.5 Å². The first-order chi connectivity index (χ1) is 33.5. The number of nitrogens with one attached hydrogen (secondary N) is 2. The zero-order chi connectivity index (χ0) is 54.3. The molecule has 2 aliphatic carbocycles. The lowest BCUT2D eigenvalue weighted by Crippen LogP contribution is -2.49. The molecule has 3 aromatic heterocycles. The minimum Gasteiger partial charge on any atom is -0.453 e. The molecule has 73 heavy (non-hydrogen) atoms. The highest BCUT2D eigenvalue weighted by atomic mass is 32.2. The highest BCUT2D eigenvalue weighted by Gasteiger charge is 2.68. The van der Waals surface area contributed by atoms with Crippen molar-refractivity contribution in [3.05, 3.63) is 93.6 Å². The number of methoxy groups -OCH3 is 1. The second-order valence-electron chi connectivity index (χ2n) is 18.1. The Labute approximate surface area is 409 Å². The zero-order valence-corrected chi connectivity index (χ0v) is 40.9. The first kappa shape index (κ1) is 54.0. The summed E-state index contributed by atoms with van der Waals surface area (Å²) in [4.78, 5) is 44.7. The van der Waals surface area contributed by atoms with Crippen LogP contribution in [0.3, 0.4) is 0 Å². The van der Waals surface area contributed by atoms with E-state index in [2.05, 4.69) is 42.4 Å². The number of aryl methyl sites for hydroxylation is 1. The molecule has 28 heteroatoms. The summed E-state index contributed by atoms with van der Waals surface area (Å²) in [5.41, 5.74) is -5.69. The predicted molar refractivity (Wildman–Crippen MR) is 240 cm³/mol. The third-order valence-corrected chi connectivity index (χ3v) is 15.2. The highest BCUT2D eigenvalue weighted by Crippen LogP contribution is 2.68. The highest BCUT2D eigenvalue weighted by molar-refractivity contribution is 7.93. The molecule has 0 spiro atoms. The van der Waals surface area contributed by atoms with Crippen LogP contribution in [-0.4, -0.2) is 95.9 Å². The Bertz CT molecular complexity index is 3380. The molecule has 0 saturated heterocycles. The van der Waals surface area contributed by atoms with E-state index in [1.165, 1.54) is 39.0 Å². The topological polar surface area (TPSA) is 205 Å². The van der Waals surface area contributed by atoms with Gasteiger partial charge < -0.3 is 15.4 Å². The van der Waals surface area contributed by atoms with E-state index in [-0.39, 0.29) is 43.4 Å². The first-order valence-corrected chi connectivity index (χ1v) is 25.3. The number of halogens is 10. The standard InChI is InChI=1S/C45H42F10N8O8S2/c1-21-8-10-28(36-33(21)39(60-62(36)20-43(48,49)50)63(73(7,69)70)40(65)22(2)56-41(66)71-5)27-11-9-26(12-13-42(3,4)72(6,67)68)57-35(27)31(16-23-14-24(46)17-25(47)15-23)58-32(64)19-61-38-34(37(59-61)45(53,54)55)29-18-30(29)44(38,51)52/h8-11,14-15,17,22,29-31H,16,18-20H2,1-7H3,(H,56,66)(H,58,64)/t22-,29-,30+,31-/m0/s1. The maximum Gasteiger partial charge on any atom is 0.435 e. The molecule has 0 bridgehead atoms. The number of nitrogens with zero attached hydrogens (tertiary/aromatic N) is 6. The van der Waals surface area contributed by atoms with Gasteiger partial charge in [0.05, 0.1) is 30.6 Å². The fourth-order valence-corrected chi connectivity index (χ4v) is 9.66. The molecule has 16 nitrogen and oxygen atoms in total. The molecule has 0 aliphatic heterocycles. The number of rotatable bonds is 13. The maximum absolute atomic E-state index is 15.6. The summed E-state index contributed by atoms with van der Waals surface area (Å²) in [6.45, 7) is 1.59. The van der Waals surface area contributed by atoms with Gasteiger partial charge in [0.25, 0.3) is 11.8 Å². The third kappa shape index (κ3) is 10.8. The number of hydrogen-bond donors (Lipinski definition) is 2. The summed E-state index contributed by atoms with van der Waals surface area (Å²) in [6, 6.07) is 3.42. The van der Waals surface area contributed by atoms with E-state index in [1.807, 2.05) is 0 Å². The molecule has 2 N–H and O–H groups in total. The van der Waals surface area contributed by atoms with Gasteiger partial charge in [0.15, 0.2) is 21.3 Å². The number of alkyl halides is 8. The average molecular weight is 1080 g/mol. The minimum atomic E-state index is -5.23. The number of hydrogen-bond acceptors (Lipinski definition) is 11. The SMILES string of the molecule is COC(=O)N[C@@H](C)C(=O)N(c1nn(CC(F)(F)F)c2c(-c3ccc(C#CC(C)(C)S(C)(=O)=O)nc3[C@H](Cc3cc(F)cc(F)c3)NC(=O)Cn3nc(C(F)(F)F)c4c3C(F)(F)[C@@H]3C[C@H]43)ccc(C)c12)S(C)(=O)=O. The molecule has 0 radical (unpaired) electrons. The van der Waals surface area contributed by atoms with Gasteiger partial charge in [-0.15, -0.1) is 0 Å². The Morgan fingerprint density at radius 3 is 2.14 bits per heavy atom. The molecule has 1 saturated carbocycles. The first-order valence-electron chi connectivity index (χ1n) is 21.5. The van der Waals surface area contributed by atoms with Crippen LogP contribution in [0.25, 0.3) is 22.0 Å². The van der Waals surface area contributed by atoms with Gasteiger partial charge in [-0.1, -0.05) is 18.1 Å². The summed E-state index contributed by atoms with van der Waals surface area (Å²) >= 11 is 0. The van der Waals surface area contributed by atoms with Gasteiger partial charge in [0, 0.05) is 40.3 Å². The Morgan fingerprint density at radius 1 is 0.932 bits per heavy atom. The number of sulfone groups is 1. The molecule has 2 aliphatic rings. The van der Waals surface area contributed by atoms with Crippen molar-refractivity contribution in [3.8, 4) is 23.0 Å². The number of carbonyl (C=O) groups is 3. The van der Waals surface area contributed by atoms with Crippen LogP contribution in [0.1, 0.15) is 78.6 Å². The van der Waals surface area contributed by atoms with Crippen molar-refractivity contribution in [2.45, 2.75) is 94.6 Å². The van der Waals surface area contributed by atoms with Crippen molar-refractivity contribution in [1.29, 1.82) is 0 Å². The Balaban J connectivity index is 1.49. The number of benzene rings is 2. The van der Waals surface area contributed by atoms with Gasteiger partial charge in [-0.25, -0.2) is 35.4 Å². The lowest BCUT2D eigenvalue weighted by Gasteiger charge is -2.24. The lowest BCUT2D eigenvalue weighted by atomic mass is 9.92. The van der Waals surface area contributed by atoms with E-state index in [0.29, 0.717) is 17.0 Å². The van der Waals surface area contributed by atoms with Gasteiger partial charge >= 0.3 is 18.4 Å². The van der Waals surface area contributed by atoms with Gasteiger partial charge in [-0.2, -0.15) is 49.6 Å². The van der Waals surface area contributed by atoms with Crippen LogP contribution in [0.2, 0.25) is 0 Å². The number of fused-ring (bicyclic) bond motifs is 4. The van der Waals surface area contributed by atoms with E-state index in [4.69, 9.17) is 0 Å². The smallest absolute Gasteiger partial charge is 0.435 e. The average Bonchev–Trinajstić information content (AvgIpc) is 3.76. The van der Waals surface area contributed by atoms with Crippen LogP contribution >= 0.6 is 0 Å². The zero-order valence-electron chi connectivity index (χ0n) is 39.2. The lowest BCUT2D eigenvalue weighted by molar-refractivity contribution is -0.143. The monoisotopic (exact) mass is 1080 g/mol. The fraction of sp³-hybridized carbons (Fsp3) is 0.422. The van der Waals surface area contributed by atoms with Crippen molar-refractivity contribution < 1.29 is 79.9 Å². The summed E-state index contributed by atoms with van der Waals surface area (Å²) < 4.78 is 203. The Hall–Kier alpha value is -6.76. The number of amides is 3. The van der Waals surface area contributed by atoms with Gasteiger partial charge in [-0.3, -0.25) is 19.0 Å². The largest absolute Gasteiger partial charge is 0.453 e. The summed E-state index contributed by atoms with van der Waals surface area (Å²) in [6.07, 6.45) is -11.1. The second kappa shape index (κ2) is 18.6. The van der Waals surface area contributed by atoms with Crippen LogP contribution in [-0.2, 0) is 65.8 Å². The quantitative estimate of drug-likeness (QED) is 0.0909. The number of alkyl carbamates (subject to hydrolysis) is 1. The molecule has 0 unspecified atom stereocenters. The molecule has 2 aromatic carbocycles. The van der Waals surface area contributed by atoms with Crippen LogP contribution < -0.4 is 14.9 Å². The molecule has 5 aromatic rings. The van der Waals surface area contributed by atoms with Crippen LogP contribution in [0.5, 0.6) is 0 Å². The van der Waals surface area contributed by atoms with E-state index in [9.17, 15) is 66.3 Å². The number of aromatic nitrogens is 5. The molecule has 392 valence electrons. The van der Waals surface area contributed by atoms with Crippen molar-refractivity contribution >= 4 is 54.5 Å². The molecule has 3 heterocycles. The number of anilines is 1. The van der Waals surface area contributed by atoms with Crippen molar-refractivity contribution in [2.75, 3.05) is 23.9 Å². The molecule has 7 rings (SSSR count). The molecular formula is C45H42F10N8O8S2. The Morgan fingerprint density at radius 2 is 1.56 bits per heavy atom. The molecule has 3 amide bonds. The maximum atomic E-state index is 15.6. The van der Waals surface area contributed by atoms with Gasteiger partial charge in [0.1, 0.15) is 46.9 Å². The van der Waals surface area contributed by atoms with Crippen LogP contribution in [0.15, 0.2) is 42.5 Å².